The van der Waals surface area contributed by atoms with E-state index in [9.17, 15) is 23.1 Å². The summed E-state index contributed by atoms with van der Waals surface area (Å²) >= 11 is 1.59. The van der Waals surface area contributed by atoms with Crippen LogP contribution in [0.15, 0.2) is 6.20 Å². The number of ether oxygens (including phenoxy) is 2. The van der Waals surface area contributed by atoms with E-state index in [2.05, 4.69) is 14.5 Å². The summed E-state index contributed by atoms with van der Waals surface area (Å²) in [5.74, 6) is -2.33. The number of aromatic nitrogens is 1. The third-order valence-electron chi connectivity index (χ3n) is 1.80. The normalized spacial score (nSPS) is 11.2. The highest BCUT2D eigenvalue weighted by Crippen LogP contribution is 2.34. The molecule has 0 amide bonds. The number of rotatable bonds is 3. The highest BCUT2D eigenvalue weighted by atomic mass is 127. The van der Waals surface area contributed by atoms with Crippen molar-refractivity contribution in [3.05, 3.63) is 15.3 Å². The molecule has 18 heavy (non-hydrogen) atoms. The molecular formula is C9H7F3INO4. The van der Waals surface area contributed by atoms with Gasteiger partial charge in [0.15, 0.2) is 5.75 Å². The largest absolute Gasteiger partial charge is 0.574 e. The van der Waals surface area contributed by atoms with Crippen LogP contribution in [0.2, 0.25) is 0 Å². The van der Waals surface area contributed by atoms with Crippen LogP contribution < -0.4 is 4.74 Å². The van der Waals surface area contributed by atoms with E-state index in [0.29, 0.717) is 0 Å². The molecule has 0 radical (unpaired) electrons. The number of pyridine rings is 1. The van der Waals surface area contributed by atoms with E-state index < -0.39 is 24.0 Å². The van der Waals surface area contributed by atoms with Gasteiger partial charge in [-0.3, -0.25) is 4.79 Å². The number of carbonyl (C=O) groups excluding carboxylic acids is 1. The summed E-state index contributed by atoms with van der Waals surface area (Å²) in [7, 11) is 1.17. The number of carbonyl (C=O) groups is 1. The Hall–Kier alpha value is -1.26. The number of halogens is 4. The minimum atomic E-state index is -4.95. The van der Waals surface area contributed by atoms with Crippen LogP contribution in [-0.2, 0) is 16.0 Å². The van der Waals surface area contributed by atoms with Crippen LogP contribution in [0.1, 0.15) is 5.56 Å². The molecular weight excluding hydrogens is 370 g/mol. The SMILES string of the molecule is COC(=O)Cc1cnc(OC(F)(F)F)c(O)c1I. The average molecular weight is 377 g/mol. The molecule has 0 saturated carbocycles. The predicted octanol–water partition coefficient (Wildman–Crippen LogP) is 2.01. The lowest BCUT2D eigenvalue weighted by Crippen LogP contribution is -2.18. The molecule has 0 unspecified atom stereocenters. The molecule has 0 fully saturated rings. The maximum Gasteiger partial charge on any atom is 0.574 e. The second-order valence-corrected chi connectivity index (χ2v) is 4.13. The van der Waals surface area contributed by atoms with Gasteiger partial charge in [-0.15, -0.1) is 13.2 Å². The fourth-order valence-corrected chi connectivity index (χ4v) is 1.60. The van der Waals surface area contributed by atoms with E-state index in [1.807, 2.05) is 0 Å². The summed E-state index contributed by atoms with van der Waals surface area (Å²) in [6, 6.07) is 0. The highest BCUT2D eigenvalue weighted by molar-refractivity contribution is 14.1. The van der Waals surface area contributed by atoms with E-state index in [0.717, 1.165) is 6.20 Å². The minimum Gasteiger partial charge on any atom is -0.502 e. The van der Waals surface area contributed by atoms with E-state index in [4.69, 9.17) is 0 Å². The topological polar surface area (TPSA) is 68.7 Å². The van der Waals surface area contributed by atoms with Crippen molar-refractivity contribution in [2.24, 2.45) is 0 Å². The van der Waals surface area contributed by atoms with Gasteiger partial charge in [-0.1, -0.05) is 0 Å². The number of esters is 1. The van der Waals surface area contributed by atoms with Gasteiger partial charge in [-0.05, 0) is 28.2 Å². The van der Waals surface area contributed by atoms with Crippen molar-refractivity contribution in [1.29, 1.82) is 0 Å². The van der Waals surface area contributed by atoms with Crippen molar-refractivity contribution < 1.29 is 32.5 Å². The molecule has 1 aromatic rings. The predicted molar refractivity (Wildman–Crippen MR) is 61.0 cm³/mol. The van der Waals surface area contributed by atoms with Crippen LogP contribution in [0.4, 0.5) is 13.2 Å². The molecule has 1 heterocycles. The van der Waals surface area contributed by atoms with Crippen LogP contribution in [0.25, 0.3) is 0 Å². The van der Waals surface area contributed by atoms with Gasteiger partial charge in [-0.2, -0.15) is 0 Å². The quantitative estimate of drug-likeness (QED) is 0.645. The fourth-order valence-electron chi connectivity index (χ4n) is 1.04. The Morgan fingerprint density at radius 2 is 2.17 bits per heavy atom. The third-order valence-corrected chi connectivity index (χ3v) is 3.01. The first-order chi connectivity index (χ1) is 8.24. The molecule has 5 nitrogen and oxygen atoms in total. The smallest absolute Gasteiger partial charge is 0.502 e. The Morgan fingerprint density at radius 3 is 2.67 bits per heavy atom. The maximum absolute atomic E-state index is 12.0. The fraction of sp³-hybridized carbons (Fsp3) is 0.333. The van der Waals surface area contributed by atoms with E-state index >= 15 is 0 Å². The summed E-state index contributed by atoms with van der Waals surface area (Å²) in [5.41, 5.74) is 0.245. The molecule has 1 N–H and O–H groups in total. The molecule has 0 aliphatic rings. The summed E-state index contributed by atoms with van der Waals surface area (Å²) in [5, 5.41) is 9.48. The zero-order valence-corrected chi connectivity index (χ0v) is 11.1. The highest BCUT2D eigenvalue weighted by Gasteiger charge is 2.33. The number of methoxy groups -OCH3 is 1. The van der Waals surface area contributed by atoms with Gasteiger partial charge in [0.1, 0.15) is 0 Å². The van der Waals surface area contributed by atoms with Crippen molar-refractivity contribution in [2.45, 2.75) is 12.8 Å². The molecule has 0 bridgehead atoms. The van der Waals surface area contributed by atoms with Gasteiger partial charge in [0.2, 0.25) is 0 Å². The number of aromatic hydroxyl groups is 1. The summed E-state index contributed by atoms with van der Waals surface area (Å²) in [4.78, 5) is 14.3. The third kappa shape index (κ3) is 3.89. The first-order valence-corrected chi connectivity index (χ1v) is 5.51. The maximum atomic E-state index is 12.0. The second-order valence-electron chi connectivity index (χ2n) is 3.05. The van der Waals surface area contributed by atoms with Crippen molar-refractivity contribution in [3.63, 3.8) is 0 Å². The Labute approximate surface area is 113 Å². The standard InChI is InChI=1S/C9H7F3INO4/c1-17-5(15)2-4-3-14-8(7(16)6(4)13)18-9(10,11)12/h3,16H,2H2,1H3. The lowest BCUT2D eigenvalue weighted by atomic mass is 10.2. The van der Waals surface area contributed by atoms with E-state index in [1.54, 1.807) is 22.6 Å². The number of nitrogens with zero attached hydrogens (tertiary/aromatic N) is 1. The number of alkyl halides is 3. The molecule has 0 spiro atoms. The average Bonchev–Trinajstić information content (AvgIpc) is 2.27. The zero-order valence-electron chi connectivity index (χ0n) is 8.92. The molecule has 0 saturated heterocycles. The molecule has 0 atom stereocenters. The molecule has 9 heteroatoms. The zero-order chi connectivity index (χ0) is 13.9. The Bertz CT molecular complexity index is 464. The lowest BCUT2D eigenvalue weighted by molar-refractivity contribution is -0.276. The first-order valence-electron chi connectivity index (χ1n) is 4.43. The molecule has 0 aliphatic carbocycles. The number of hydrogen-bond acceptors (Lipinski definition) is 5. The Balaban J connectivity index is 3.02. The lowest BCUT2D eigenvalue weighted by Gasteiger charge is -2.11. The van der Waals surface area contributed by atoms with Crippen LogP contribution in [0.3, 0.4) is 0 Å². The minimum absolute atomic E-state index is 0.0484. The van der Waals surface area contributed by atoms with E-state index in [1.165, 1.54) is 7.11 Å². The molecule has 0 aromatic carbocycles. The molecule has 1 aromatic heterocycles. The van der Waals surface area contributed by atoms with Gasteiger partial charge in [0.25, 0.3) is 5.88 Å². The van der Waals surface area contributed by atoms with Crippen molar-refractivity contribution in [2.75, 3.05) is 7.11 Å². The van der Waals surface area contributed by atoms with Gasteiger partial charge in [0, 0.05) is 6.20 Å². The van der Waals surface area contributed by atoms with Crippen molar-refractivity contribution in [3.8, 4) is 11.6 Å². The Morgan fingerprint density at radius 1 is 1.56 bits per heavy atom. The molecule has 100 valence electrons. The summed E-state index contributed by atoms with van der Waals surface area (Å²) in [6.07, 6.45) is -4.14. The number of hydrogen-bond donors (Lipinski definition) is 1. The van der Waals surface area contributed by atoms with Crippen LogP contribution in [-0.4, -0.2) is 29.5 Å². The van der Waals surface area contributed by atoms with Gasteiger partial charge in [0.05, 0.1) is 17.1 Å². The second kappa shape index (κ2) is 5.59. The first kappa shape index (κ1) is 14.8. The summed E-state index contributed by atoms with van der Waals surface area (Å²) in [6.45, 7) is 0. The van der Waals surface area contributed by atoms with Gasteiger partial charge < -0.3 is 14.6 Å². The van der Waals surface area contributed by atoms with Crippen LogP contribution in [0.5, 0.6) is 11.6 Å². The van der Waals surface area contributed by atoms with E-state index in [-0.39, 0.29) is 15.6 Å². The Kier molecular flexibility index (Phi) is 4.59. The molecule has 1 rings (SSSR count). The van der Waals surface area contributed by atoms with Crippen molar-refractivity contribution in [1.82, 2.24) is 4.98 Å². The van der Waals surface area contributed by atoms with Gasteiger partial charge >= 0.3 is 12.3 Å². The van der Waals surface area contributed by atoms with Gasteiger partial charge in [-0.25, -0.2) is 4.98 Å². The van der Waals surface area contributed by atoms with Crippen LogP contribution in [0, 0.1) is 3.57 Å². The molecule has 0 aliphatic heterocycles. The van der Waals surface area contributed by atoms with Crippen molar-refractivity contribution >= 4 is 28.6 Å². The summed E-state index contributed by atoms with van der Waals surface area (Å²) < 4.78 is 43.9. The monoisotopic (exact) mass is 377 g/mol. The van der Waals surface area contributed by atoms with Crippen LogP contribution >= 0.6 is 22.6 Å².